The Morgan fingerprint density at radius 2 is 2.11 bits per heavy atom. The minimum Gasteiger partial charge on any atom is -0.481 e. The number of likely N-dealkylation sites (N-methyl/N-ethyl adjacent to an activating group) is 1. The van der Waals surface area contributed by atoms with Gasteiger partial charge in [-0.25, -0.2) is 0 Å². The predicted octanol–water partition coefficient (Wildman–Crippen LogP) is 1.18. The van der Waals surface area contributed by atoms with Gasteiger partial charge < -0.3 is 10.0 Å². The van der Waals surface area contributed by atoms with E-state index in [4.69, 9.17) is 5.11 Å². The van der Waals surface area contributed by atoms with E-state index in [0.717, 1.165) is 13.0 Å². The van der Waals surface area contributed by atoms with Gasteiger partial charge in [0.15, 0.2) is 0 Å². The largest absolute Gasteiger partial charge is 0.481 e. The average molecular weight is 256 g/mol. The van der Waals surface area contributed by atoms with Gasteiger partial charge in [-0.05, 0) is 40.7 Å². The third-order valence-electron chi connectivity index (χ3n) is 3.63. The van der Waals surface area contributed by atoms with Crippen LogP contribution in [0.2, 0.25) is 0 Å². The quantitative estimate of drug-likeness (QED) is 0.820. The maximum Gasteiger partial charge on any atom is 0.303 e. The second kappa shape index (κ2) is 6.18. The van der Waals surface area contributed by atoms with E-state index in [1.807, 2.05) is 30.7 Å². The van der Waals surface area contributed by atoms with Crippen molar-refractivity contribution in [1.82, 2.24) is 9.80 Å². The zero-order chi connectivity index (χ0) is 13.9. The fourth-order valence-electron chi connectivity index (χ4n) is 2.63. The number of hydrogen-bond acceptors (Lipinski definition) is 3. The maximum atomic E-state index is 12.5. The van der Waals surface area contributed by atoms with Crippen LogP contribution < -0.4 is 0 Å². The molecular weight excluding hydrogens is 232 g/mol. The molecule has 1 heterocycles. The van der Waals surface area contributed by atoms with E-state index in [9.17, 15) is 9.59 Å². The van der Waals surface area contributed by atoms with Crippen LogP contribution in [0.25, 0.3) is 0 Å². The molecule has 18 heavy (non-hydrogen) atoms. The van der Waals surface area contributed by atoms with Crippen molar-refractivity contribution in [2.45, 2.75) is 58.2 Å². The lowest BCUT2D eigenvalue weighted by atomic mass is 10.1. The second-order valence-corrected chi connectivity index (χ2v) is 5.41. The first kappa shape index (κ1) is 15.0. The van der Waals surface area contributed by atoms with Crippen molar-refractivity contribution in [3.8, 4) is 0 Å². The van der Waals surface area contributed by atoms with Crippen molar-refractivity contribution in [3.63, 3.8) is 0 Å². The molecule has 1 saturated heterocycles. The number of aliphatic carboxylic acids is 1. The normalized spacial score (nSPS) is 26.5. The summed E-state index contributed by atoms with van der Waals surface area (Å²) in [5.74, 6) is -0.775. The molecule has 0 aliphatic carbocycles. The molecule has 2 atom stereocenters. The number of carboxylic acid groups (broad SMARTS) is 1. The summed E-state index contributed by atoms with van der Waals surface area (Å²) in [5, 5.41) is 8.77. The maximum absolute atomic E-state index is 12.5. The summed E-state index contributed by atoms with van der Waals surface area (Å²) < 4.78 is 0. The Bertz CT molecular complexity index is 317. The molecule has 0 aromatic carbocycles. The van der Waals surface area contributed by atoms with Crippen LogP contribution in [0.1, 0.15) is 40.0 Å². The van der Waals surface area contributed by atoms with Gasteiger partial charge in [0.25, 0.3) is 0 Å². The van der Waals surface area contributed by atoms with Crippen LogP contribution in [0.3, 0.4) is 0 Å². The molecule has 0 aromatic rings. The van der Waals surface area contributed by atoms with Gasteiger partial charge in [-0.2, -0.15) is 0 Å². The topological polar surface area (TPSA) is 60.9 Å². The number of rotatable bonds is 4. The van der Waals surface area contributed by atoms with E-state index in [1.165, 1.54) is 0 Å². The first-order valence-corrected chi connectivity index (χ1v) is 6.58. The number of nitrogens with zero attached hydrogens (tertiary/aromatic N) is 2. The zero-order valence-electron chi connectivity index (χ0n) is 11.7. The van der Waals surface area contributed by atoms with Crippen LogP contribution in [0, 0.1) is 0 Å². The molecule has 0 radical (unpaired) electrons. The molecule has 0 bridgehead atoms. The molecule has 1 fully saturated rings. The highest BCUT2D eigenvalue weighted by Crippen LogP contribution is 2.20. The zero-order valence-corrected chi connectivity index (χ0v) is 11.7. The fraction of sp³-hybridized carbons (Fsp3) is 0.846. The third kappa shape index (κ3) is 3.45. The molecule has 0 spiro atoms. The van der Waals surface area contributed by atoms with Crippen LogP contribution in [0.4, 0.5) is 0 Å². The number of carbonyl (C=O) groups is 2. The van der Waals surface area contributed by atoms with E-state index >= 15 is 0 Å². The number of carboxylic acids is 1. The molecular formula is C13H24N2O3. The fourth-order valence-corrected chi connectivity index (χ4v) is 2.63. The van der Waals surface area contributed by atoms with Gasteiger partial charge in [0.2, 0.25) is 5.91 Å². The van der Waals surface area contributed by atoms with Crippen LogP contribution >= 0.6 is 0 Å². The summed E-state index contributed by atoms with van der Waals surface area (Å²) in [5.41, 5.74) is 0. The Hall–Kier alpha value is -1.10. The summed E-state index contributed by atoms with van der Waals surface area (Å²) in [7, 11) is 1.90. The van der Waals surface area contributed by atoms with Crippen molar-refractivity contribution in [1.29, 1.82) is 0 Å². The van der Waals surface area contributed by atoms with E-state index in [2.05, 4.69) is 6.92 Å². The van der Waals surface area contributed by atoms with Gasteiger partial charge >= 0.3 is 5.97 Å². The Morgan fingerprint density at radius 3 is 2.61 bits per heavy atom. The van der Waals surface area contributed by atoms with E-state index in [-0.39, 0.29) is 30.5 Å². The molecule has 1 aliphatic rings. The van der Waals surface area contributed by atoms with Gasteiger partial charge in [0.1, 0.15) is 0 Å². The van der Waals surface area contributed by atoms with Crippen LogP contribution in [-0.4, -0.2) is 58.5 Å². The summed E-state index contributed by atoms with van der Waals surface area (Å²) in [6.07, 6.45) is 1.37. The monoisotopic (exact) mass is 256 g/mol. The van der Waals surface area contributed by atoms with E-state index in [1.54, 1.807) is 0 Å². The van der Waals surface area contributed by atoms with Crippen molar-refractivity contribution >= 4 is 11.9 Å². The number of amides is 1. The van der Waals surface area contributed by atoms with Gasteiger partial charge in [-0.3, -0.25) is 14.5 Å². The first-order valence-electron chi connectivity index (χ1n) is 6.58. The van der Waals surface area contributed by atoms with Crippen LogP contribution in [0.5, 0.6) is 0 Å². The molecule has 2 unspecified atom stereocenters. The van der Waals surface area contributed by atoms with Crippen molar-refractivity contribution in [3.05, 3.63) is 0 Å². The van der Waals surface area contributed by atoms with Gasteiger partial charge in [-0.15, -0.1) is 0 Å². The SMILES string of the molecule is CC(C)N1C(=O)C(CCC(=O)O)N(C)CCC1C. The van der Waals surface area contributed by atoms with Crippen molar-refractivity contribution in [2.24, 2.45) is 0 Å². The summed E-state index contributed by atoms with van der Waals surface area (Å²) in [6.45, 7) is 6.91. The standard InChI is InChI=1S/C13H24N2O3/c1-9(2)15-10(3)7-8-14(4)11(13(15)18)5-6-12(16)17/h9-11H,5-8H2,1-4H3,(H,16,17). The average Bonchev–Trinajstić information content (AvgIpc) is 2.34. The minimum absolute atomic E-state index is 0.0427. The molecule has 1 rings (SSSR count). The highest BCUT2D eigenvalue weighted by Gasteiger charge is 2.35. The Labute approximate surface area is 109 Å². The summed E-state index contributed by atoms with van der Waals surface area (Å²) in [4.78, 5) is 27.1. The minimum atomic E-state index is -0.843. The van der Waals surface area contributed by atoms with Gasteiger partial charge in [0, 0.05) is 25.0 Å². The van der Waals surface area contributed by atoms with Crippen molar-refractivity contribution in [2.75, 3.05) is 13.6 Å². The molecule has 1 amide bonds. The Morgan fingerprint density at radius 1 is 1.50 bits per heavy atom. The first-order chi connectivity index (χ1) is 8.34. The third-order valence-corrected chi connectivity index (χ3v) is 3.63. The lowest BCUT2D eigenvalue weighted by Gasteiger charge is -2.33. The lowest BCUT2D eigenvalue weighted by Crippen LogP contribution is -2.49. The number of carbonyl (C=O) groups excluding carboxylic acids is 1. The molecule has 5 heteroatoms. The van der Waals surface area contributed by atoms with Gasteiger partial charge in [0.05, 0.1) is 6.04 Å². The van der Waals surface area contributed by atoms with Crippen LogP contribution in [0.15, 0.2) is 0 Å². The summed E-state index contributed by atoms with van der Waals surface area (Å²) >= 11 is 0. The van der Waals surface area contributed by atoms with Crippen molar-refractivity contribution < 1.29 is 14.7 Å². The second-order valence-electron chi connectivity index (χ2n) is 5.41. The highest BCUT2D eigenvalue weighted by molar-refractivity contribution is 5.83. The Kier molecular flexibility index (Phi) is 5.14. The molecule has 1 N–H and O–H groups in total. The molecule has 1 aliphatic heterocycles. The highest BCUT2D eigenvalue weighted by atomic mass is 16.4. The predicted molar refractivity (Wildman–Crippen MR) is 69.3 cm³/mol. The number of hydrogen-bond donors (Lipinski definition) is 1. The smallest absolute Gasteiger partial charge is 0.303 e. The molecule has 0 saturated carbocycles. The van der Waals surface area contributed by atoms with Crippen LogP contribution in [-0.2, 0) is 9.59 Å². The lowest BCUT2D eigenvalue weighted by molar-refractivity contribution is -0.140. The molecule has 104 valence electrons. The summed E-state index contributed by atoms with van der Waals surface area (Å²) in [6, 6.07) is 0.0783. The van der Waals surface area contributed by atoms with Gasteiger partial charge in [-0.1, -0.05) is 0 Å². The Balaban J connectivity index is 2.85. The van der Waals surface area contributed by atoms with E-state index < -0.39 is 5.97 Å². The molecule has 0 aromatic heterocycles. The van der Waals surface area contributed by atoms with E-state index in [0.29, 0.717) is 6.42 Å². The molecule has 5 nitrogen and oxygen atoms in total.